The zero-order valence-electron chi connectivity index (χ0n) is 25.7. The van der Waals surface area contributed by atoms with Crippen molar-refractivity contribution in [2.24, 2.45) is 9.98 Å². The second-order valence-corrected chi connectivity index (χ2v) is 10.6. The van der Waals surface area contributed by atoms with Crippen LogP contribution in [0.4, 0.5) is 0 Å². The van der Waals surface area contributed by atoms with Crippen molar-refractivity contribution in [2.45, 2.75) is 116 Å². The van der Waals surface area contributed by atoms with Crippen LogP contribution >= 0.6 is 0 Å². The van der Waals surface area contributed by atoms with Gasteiger partial charge in [0.25, 0.3) is 0 Å². The molecular weight excluding hydrogens is 592 g/mol. The molecule has 0 spiro atoms. The van der Waals surface area contributed by atoms with Gasteiger partial charge in [-0.2, -0.15) is 0 Å². The van der Waals surface area contributed by atoms with Crippen molar-refractivity contribution in [3.8, 4) is 0 Å². The average molecular weight is 631 g/mol. The van der Waals surface area contributed by atoms with E-state index in [2.05, 4.69) is 16.0 Å². The van der Waals surface area contributed by atoms with E-state index < -0.39 is 97.0 Å². The van der Waals surface area contributed by atoms with Crippen LogP contribution in [0.3, 0.4) is 0 Å². The summed E-state index contributed by atoms with van der Waals surface area (Å²) >= 11 is 0. The largest absolute Gasteiger partial charge is 0.463 e. The van der Waals surface area contributed by atoms with Gasteiger partial charge in [0.1, 0.15) is 31.0 Å². The lowest BCUT2D eigenvalue weighted by Gasteiger charge is -2.43. The number of carbonyl (C=O) groups is 5. The maximum atomic E-state index is 12.0. The fourth-order valence-electron chi connectivity index (χ4n) is 5.01. The minimum atomic E-state index is -1.29. The van der Waals surface area contributed by atoms with E-state index in [1.165, 1.54) is 21.0 Å². The molecule has 0 N–H and O–H groups in total. The fourth-order valence-corrected chi connectivity index (χ4v) is 5.01. The highest BCUT2D eigenvalue weighted by Crippen LogP contribution is 2.40. The van der Waals surface area contributed by atoms with Crippen LogP contribution in [-0.2, 0) is 71.3 Å². The lowest BCUT2D eigenvalue weighted by molar-refractivity contribution is -0.296. The predicted octanol–water partition coefficient (Wildman–Crippen LogP) is 0.0665. The summed E-state index contributed by atoms with van der Waals surface area (Å²) in [6, 6.07) is 1.58. The minimum Gasteiger partial charge on any atom is -0.463 e. The molecule has 17 heteroatoms. The zero-order chi connectivity index (χ0) is 32.8. The summed E-state index contributed by atoms with van der Waals surface area (Å²) in [5, 5.41) is 0. The second kappa shape index (κ2) is 15.0. The molecule has 3 fully saturated rings. The predicted molar refractivity (Wildman–Crippen MR) is 142 cm³/mol. The Morgan fingerprint density at radius 1 is 0.750 bits per heavy atom. The summed E-state index contributed by atoms with van der Waals surface area (Å²) < 4.78 is 55.5. The molecule has 0 bridgehead atoms. The highest BCUT2D eigenvalue weighted by molar-refractivity contribution is 5.68. The Bertz CT molecular complexity index is 1150. The molecule has 3 heterocycles. The van der Waals surface area contributed by atoms with Crippen molar-refractivity contribution in [3.05, 3.63) is 0 Å². The average Bonchev–Trinajstić information content (AvgIpc) is 3.38. The number of hydrogen-bond acceptors (Lipinski definition) is 17. The smallest absolute Gasteiger partial charge is 0.305 e. The van der Waals surface area contributed by atoms with E-state index in [1.54, 1.807) is 13.8 Å². The SMILES string of the molecule is CO[C@H]1O[C@H](CN=C=N[C@@H](COC(C)=O)[C@H]2O[C@H](OC(C)=O)[C@H]3OC(C)(C)O[C@H]32)[C@@H](OC(C)=O)[C@H](OC(C)=O)[C@H]1OC(C)=O. The van der Waals surface area contributed by atoms with Crippen molar-refractivity contribution in [1.82, 2.24) is 0 Å². The molecule has 0 aliphatic carbocycles. The van der Waals surface area contributed by atoms with Gasteiger partial charge in [-0.1, -0.05) is 0 Å². The van der Waals surface area contributed by atoms with Gasteiger partial charge in [-0.25, -0.2) is 9.98 Å². The fraction of sp³-hybridized carbons (Fsp3) is 0.778. The number of aliphatic imine (C=N–C) groups is 2. The summed E-state index contributed by atoms with van der Waals surface area (Å²) in [6.45, 7) is 8.73. The normalized spacial score (nSPS) is 32.7. The molecule has 0 unspecified atom stereocenters. The van der Waals surface area contributed by atoms with E-state index in [-0.39, 0.29) is 13.2 Å². The Morgan fingerprint density at radius 3 is 1.89 bits per heavy atom. The highest BCUT2D eigenvalue weighted by atomic mass is 16.8. The molecule has 3 saturated heterocycles. The van der Waals surface area contributed by atoms with Gasteiger partial charge in [-0.05, 0) is 13.8 Å². The van der Waals surface area contributed by atoms with Crippen molar-refractivity contribution in [2.75, 3.05) is 20.3 Å². The quantitative estimate of drug-likeness (QED) is 0.168. The molecule has 246 valence electrons. The number of fused-ring (bicyclic) bond motifs is 1. The first-order chi connectivity index (χ1) is 20.6. The zero-order valence-corrected chi connectivity index (χ0v) is 25.7. The maximum absolute atomic E-state index is 12.0. The van der Waals surface area contributed by atoms with Gasteiger partial charge in [0, 0.05) is 41.7 Å². The summed E-state index contributed by atoms with van der Waals surface area (Å²) in [5.41, 5.74) is 0. The van der Waals surface area contributed by atoms with Crippen LogP contribution in [0.15, 0.2) is 9.98 Å². The van der Waals surface area contributed by atoms with Crippen LogP contribution < -0.4 is 0 Å². The molecular formula is C27H38N2O15. The summed E-state index contributed by atoms with van der Waals surface area (Å²) in [7, 11) is 1.29. The van der Waals surface area contributed by atoms with Crippen molar-refractivity contribution in [1.29, 1.82) is 0 Å². The molecule has 3 rings (SSSR count). The topological polar surface area (TPSA) is 202 Å². The van der Waals surface area contributed by atoms with E-state index in [0.717, 1.165) is 20.8 Å². The Morgan fingerprint density at radius 2 is 1.32 bits per heavy atom. The van der Waals surface area contributed by atoms with E-state index in [9.17, 15) is 24.0 Å². The molecule has 3 aliphatic rings. The van der Waals surface area contributed by atoms with Crippen LogP contribution in [0, 0.1) is 0 Å². The molecule has 10 atom stereocenters. The minimum absolute atomic E-state index is 0.244. The van der Waals surface area contributed by atoms with Gasteiger partial charge in [0.05, 0.1) is 12.6 Å². The third kappa shape index (κ3) is 9.27. The Hall–Kier alpha value is -3.47. The first-order valence-corrected chi connectivity index (χ1v) is 13.7. The number of carbonyl (C=O) groups excluding carboxylic acids is 5. The molecule has 0 aromatic carbocycles. The number of ether oxygens (including phenoxy) is 10. The van der Waals surface area contributed by atoms with E-state index in [4.69, 9.17) is 47.4 Å². The maximum Gasteiger partial charge on any atom is 0.305 e. The monoisotopic (exact) mass is 630 g/mol. The first kappa shape index (κ1) is 35.0. The number of methoxy groups -OCH3 is 1. The van der Waals surface area contributed by atoms with Crippen LogP contribution in [0.5, 0.6) is 0 Å². The third-order valence-electron chi connectivity index (χ3n) is 6.46. The van der Waals surface area contributed by atoms with Gasteiger partial charge < -0.3 is 47.4 Å². The summed E-state index contributed by atoms with van der Waals surface area (Å²) in [6.07, 6.45) is -9.63. The van der Waals surface area contributed by atoms with Gasteiger partial charge in [-0.3, -0.25) is 24.0 Å². The first-order valence-electron chi connectivity index (χ1n) is 13.7. The van der Waals surface area contributed by atoms with Crippen LogP contribution in [0.2, 0.25) is 0 Å². The second-order valence-electron chi connectivity index (χ2n) is 10.6. The van der Waals surface area contributed by atoms with Gasteiger partial charge >= 0.3 is 29.8 Å². The highest BCUT2D eigenvalue weighted by Gasteiger charge is 2.59. The van der Waals surface area contributed by atoms with Crippen LogP contribution in [0.1, 0.15) is 48.5 Å². The number of hydrogen-bond donors (Lipinski definition) is 0. The Kier molecular flexibility index (Phi) is 11.9. The molecule has 0 aromatic rings. The van der Waals surface area contributed by atoms with E-state index in [1.807, 2.05) is 0 Å². The van der Waals surface area contributed by atoms with Gasteiger partial charge in [0.2, 0.25) is 6.29 Å². The molecule has 0 amide bonds. The van der Waals surface area contributed by atoms with Crippen molar-refractivity contribution >= 4 is 35.9 Å². The van der Waals surface area contributed by atoms with E-state index >= 15 is 0 Å². The standard InChI is InChI=1S/C27H38N2O15/c1-12(30)36-10-17(19-22-24(44-27(6,7)43-22)26(42-19)40-16(5)34)29-11-28-9-18-20(37-13(2)31)21(38-14(3)32)23(39-15(4)33)25(35-8)41-18/h17-26H,9-10H2,1-8H3/t17-,18+,19+,20+,21-,22-,23+,24-,25-,26-/m0/s1. The molecule has 0 radical (unpaired) electrons. The molecule has 3 aliphatic heterocycles. The Labute approximate surface area is 253 Å². The van der Waals surface area contributed by atoms with Gasteiger partial charge in [-0.15, -0.1) is 0 Å². The summed E-state index contributed by atoms with van der Waals surface area (Å²) in [4.78, 5) is 67.4. The van der Waals surface area contributed by atoms with Gasteiger partial charge in [0.15, 0.2) is 36.5 Å². The lowest BCUT2D eigenvalue weighted by Crippen LogP contribution is -2.62. The van der Waals surface area contributed by atoms with Crippen molar-refractivity contribution < 1.29 is 71.3 Å². The number of nitrogens with zero attached hydrogens (tertiary/aromatic N) is 2. The Balaban J connectivity index is 1.88. The van der Waals surface area contributed by atoms with Crippen LogP contribution in [-0.4, -0.2) is 123 Å². The third-order valence-corrected chi connectivity index (χ3v) is 6.46. The summed E-state index contributed by atoms with van der Waals surface area (Å²) in [5.74, 6) is -4.38. The number of rotatable bonds is 11. The van der Waals surface area contributed by atoms with Crippen molar-refractivity contribution in [3.63, 3.8) is 0 Å². The molecule has 0 aromatic heterocycles. The van der Waals surface area contributed by atoms with E-state index in [0.29, 0.717) is 0 Å². The number of esters is 5. The molecule has 44 heavy (non-hydrogen) atoms. The molecule has 17 nitrogen and oxygen atoms in total. The molecule has 0 saturated carbocycles. The van der Waals surface area contributed by atoms with Crippen LogP contribution in [0.25, 0.3) is 0 Å². The lowest BCUT2D eigenvalue weighted by atomic mass is 9.97.